The number of benzene rings is 1. The number of amides is 1. The van der Waals surface area contributed by atoms with E-state index in [-0.39, 0.29) is 18.2 Å². The van der Waals surface area contributed by atoms with Crippen molar-refractivity contribution in [1.82, 2.24) is 4.90 Å². The molecule has 0 saturated heterocycles. The molecule has 98 valence electrons. The fraction of sp³-hybridized carbons (Fsp3) is 0.385. The number of aromatic hydroxyl groups is 1. The molecule has 0 spiro atoms. The minimum atomic E-state index is -0.440. The van der Waals surface area contributed by atoms with Crippen LogP contribution < -0.4 is 0 Å². The summed E-state index contributed by atoms with van der Waals surface area (Å²) >= 11 is 0. The Balaban J connectivity index is 2.77. The molecule has 1 N–H and O–H groups in total. The molecule has 1 aromatic rings. The Kier molecular flexibility index (Phi) is 4.71. The van der Waals surface area contributed by atoms with Gasteiger partial charge in [-0.3, -0.25) is 9.59 Å². The molecule has 0 heterocycles. The number of carbonyl (C=O) groups excluding carboxylic acids is 2. The van der Waals surface area contributed by atoms with E-state index in [1.165, 1.54) is 30.1 Å². The second kappa shape index (κ2) is 6.05. The minimum absolute atomic E-state index is 0.0903. The Hall–Kier alpha value is -2.04. The highest BCUT2D eigenvalue weighted by Gasteiger charge is 2.17. The molecule has 0 aliphatic heterocycles. The SMILES string of the molecule is CCOC(=O)CN(C)C(=O)c1ccc(O)cc1C. The minimum Gasteiger partial charge on any atom is -0.508 e. The Morgan fingerprint density at radius 2 is 2.06 bits per heavy atom. The van der Waals surface area contributed by atoms with Crippen molar-refractivity contribution >= 4 is 11.9 Å². The number of carbonyl (C=O) groups is 2. The van der Waals surface area contributed by atoms with Crippen LogP contribution in [0.15, 0.2) is 18.2 Å². The van der Waals surface area contributed by atoms with E-state index in [0.29, 0.717) is 17.7 Å². The quantitative estimate of drug-likeness (QED) is 0.820. The van der Waals surface area contributed by atoms with Gasteiger partial charge in [0.15, 0.2) is 0 Å². The average molecular weight is 251 g/mol. The molecule has 0 aromatic heterocycles. The van der Waals surface area contributed by atoms with Gasteiger partial charge in [0.25, 0.3) is 5.91 Å². The van der Waals surface area contributed by atoms with E-state index in [2.05, 4.69) is 0 Å². The lowest BCUT2D eigenvalue weighted by molar-refractivity contribution is -0.143. The first-order valence-electron chi connectivity index (χ1n) is 5.66. The van der Waals surface area contributed by atoms with Crippen molar-refractivity contribution in [3.8, 4) is 5.75 Å². The fourth-order valence-corrected chi connectivity index (χ4v) is 1.57. The second-order valence-electron chi connectivity index (χ2n) is 3.97. The molecule has 1 amide bonds. The lowest BCUT2D eigenvalue weighted by Crippen LogP contribution is -2.33. The standard InChI is InChI=1S/C13H17NO4/c1-4-18-12(16)8-14(3)13(17)11-6-5-10(15)7-9(11)2/h5-7,15H,4,8H2,1-3H3. The summed E-state index contributed by atoms with van der Waals surface area (Å²) in [5.74, 6) is -0.609. The van der Waals surface area contributed by atoms with E-state index >= 15 is 0 Å². The van der Waals surface area contributed by atoms with Crippen LogP contribution in [0.4, 0.5) is 0 Å². The largest absolute Gasteiger partial charge is 0.508 e. The number of esters is 1. The van der Waals surface area contributed by atoms with Crippen LogP contribution in [-0.2, 0) is 9.53 Å². The van der Waals surface area contributed by atoms with E-state index in [1.807, 2.05) is 0 Å². The van der Waals surface area contributed by atoms with Gasteiger partial charge in [0, 0.05) is 12.6 Å². The van der Waals surface area contributed by atoms with Crippen LogP contribution in [0.5, 0.6) is 5.75 Å². The van der Waals surface area contributed by atoms with Crippen LogP contribution in [0.1, 0.15) is 22.8 Å². The molecule has 0 bridgehead atoms. The van der Waals surface area contributed by atoms with Gasteiger partial charge in [0.1, 0.15) is 12.3 Å². The van der Waals surface area contributed by atoms with Gasteiger partial charge in [-0.15, -0.1) is 0 Å². The number of nitrogens with zero attached hydrogens (tertiary/aromatic N) is 1. The van der Waals surface area contributed by atoms with Crippen LogP contribution >= 0.6 is 0 Å². The number of aryl methyl sites for hydroxylation is 1. The fourth-order valence-electron chi connectivity index (χ4n) is 1.57. The molecule has 0 atom stereocenters. The predicted molar refractivity (Wildman–Crippen MR) is 66.4 cm³/mol. The maximum absolute atomic E-state index is 12.1. The highest BCUT2D eigenvalue weighted by molar-refractivity contribution is 5.97. The van der Waals surface area contributed by atoms with E-state index in [9.17, 15) is 14.7 Å². The summed E-state index contributed by atoms with van der Waals surface area (Å²) in [7, 11) is 1.53. The molecule has 1 aromatic carbocycles. The van der Waals surface area contributed by atoms with E-state index in [0.717, 1.165) is 0 Å². The van der Waals surface area contributed by atoms with Gasteiger partial charge in [0.2, 0.25) is 0 Å². The van der Waals surface area contributed by atoms with Crippen LogP contribution in [0.2, 0.25) is 0 Å². The molecule has 5 nitrogen and oxygen atoms in total. The summed E-state index contributed by atoms with van der Waals surface area (Å²) in [4.78, 5) is 24.6. The molecule has 0 aliphatic carbocycles. The summed E-state index contributed by atoms with van der Waals surface area (Å²) in [5, 5.41) is 9.27. The number of phenols is 1. The average Bonchev–Trinajstić information content (AvgIpc) is 2.28. The van der Waals surface area contributed by atoms with E-state index in [1.54, 1.807) is 13.8 Å². The number of phenolic OH excluding ortho intramolecular Hbond substituents is 1. The molecule has 0 unspecified atom stereocenters. The van der Waals surface area contributed by atoms with Crippen LogP contribution in [-0.4, -0.2) is 42.1 Å². The lowest BCUT2D eigenvalue weighted by Gasteiger charge is -2.17. The van der Waals surface area contributed by atoms with Crippen molar-refractivity contribution in [3.63, 3.8) is 0 Å². The van der Waals surface area contributed by atoms with Crippen molar-refractivity contribution in [2.45, 2.75) is 13.8 Å². The van der Waals surface area contributed by atoms with E-state index in [4.69, 9.17) is 4.74 Å². The van der Waals surface area contributed by atoms with Gasteiger partial charge < -0.3 is 14.7 Å². The Morgan fingerprint density at radius 3 is 2.61 bits per heavy atom. The van der Waals surface area contributed by atoms with Crippen LogP contribution in [0.25, 0.3) is 0 Å². The Labute approximate surface area is 106 Å². The molecular formula is C13H17NO4. The van der Waals surface area contributed by atoms with Gasteiger partial charge >= 0.3 is 5.97 Å². The third kappa shape index (κ3) is 3.48. The van der Waals surface area contributed by atoms with Gasteiger partial charge in [-0.2, -0.15) is 0 Å². The van der Waals surface area contributed by atoms with Crippen molar-refractivity contribution in [1.29, 1.82) is 0 Å². The molecule has 18 heavy (non-hydrogen) atoms. The van der Waals surface area contributed by atoms with E-state index < -0.39 is 5.97 Å². The number of hydrogen-bond acceptors (Lipinski definition) is 4. The van der Waals surface area contributed by atoms with Gasteiger partial charge in [0.05, 0.1) is 6.61 Å². The number of ether oxygens (including phenoxy) is 1. The second-order valence-corrected chi connectivity index (χ2v) is 3.97. The third-order valence-electron chi connectivity index (χ3n) is 2.46. The maximum Gasteiger partial charge on any atom is 0.325 e. The normalized spacial score (nSPS) is 9.94. The van der Waals surface area contributed by atoms with Gasteiger partial charge in [-0.25, -0.2) is 0 Å². The van der Waals surface area contributed by atoms with Crippen LogP contribution in [0.3, 0.4) is 0 Å². The molecule has 5 heteroatoms. The summed E-state index contributed by atoms with van der Waals surface area (Å²) in [6.45, 7) is 3.64. The zero-order chi connectivity index (χ0) is 13.7. The van der Waals surface area contributed by atoms with Crippen LogP contribution in [0, 0.1) is 6.92 Å². The van der Waals surface area contributed by atoms with Crippen molar-refractivity contribution < 1.29 is 19.4 Å². The molecule has 0 radical (unpaired) electrons. The summed E-state index contributed by atoms with van der Waals surface area (Å²) in [6, 6.07) is 4.48. The third-order valence-corrected chi connectivity index (χ3v) is 2.46. The molecular weight excluding hydrogens is 234 g/mol. The first-order valence-corrected chi connectivity index (χ1v) is 5.66. The molecule has 1 rings (SSSR count). The zero-order valence-electron chi connectivity index (χ0n) is 10.8. The summed E-state index contributed by atoms with van der Waals surface area (Å²) < 4.78 is 4.78. The Morgan fingerprint density at radius 1 is 1.39 bits per heavy atom. The monoisotopic (exact) mass is 251 g/mol. The number of rotatable bonds is 4. The highest BCUT2D eigenvalue weighted by atomic mass is 16.5. The predicted octanol–water partition coefficient (Wildman–Crippen LogP) is 1.34. The smallest absolute Gasteiger partial charge is 0.325 e. The lowest BCUT2D eigenvalue weighted by atomic mass is 10.1. The van der Waals surface area contributed by atoms with Crippen molar-refractivity contribution in [3.05, 3.63) is 29.3 Å². The molecule has 0 saturated carbocycles. The van der Waals surface area contributed by atoms with Gasteiger partial charge in [-0.1, -0.05) is 0 Å². The van der Waals surface area contributed by atoms with Crippen molar-refractivity contribution in [2.24, 2.45) is 0 Å². The topological polar surface area (TPSA) is 66.8 Å². The Bertz CT molecular complexity index is 456. The molecule has 0 fully saturated rings. The summed E-state index contributed by atoms with van der Waals surface area (Å²) in [6.07, 6.45) is 0. The maximum atomic E-state index is 12.1. The number of likely N-dealkylation sites (N-methyl/N-ethyl adjacent to an activating group) is 1. The first-order chi connectivity index (χ1) is 8.45. The summed E-state index contributed by atoms with van der Waals surface area (Å²) in [5.41, 5.74) is 1.12. The van der Waals surface area contributed by atoms with Crippen molar-refractivity contribution in [2.75, 3.05) is 20.2 Å². The van der Waals surface area contributed by atoms with Gasteiger partial charge in [-0.05, 0) is 37.6 Å². The first kappa shape index (κ1) is 14.0. The number of hydrogen-bond donors (Lipinski definition) is 1. The molecule has 0 aliphatic rings. The highest BCUT2D eigenvalue weighted by Crippen LogP contribution is 2.16. The zero-order valence-corrected chi connectivity index (χ0v) is 10.8.